The van der Waals surface area contributed by atoms with Crippen molar-refractivity contribution in [2.45, 2.75) is 26.7 Å². The Balaban J connectivity index is 2.84. The number of benzene rings is 1. The van der Waals surface area contributed by atoms with Gasteiger partial charge in [-0.25, -0.2) is 0 Å². The van der Waals surface area contributed by atoms with Crippen molar-refractivity contribution in [2.75, 3.05) is 6.54 Å². The minimum Gasteiger partial charge on any atom is -0.481 e. The highest BCUT2D eigenvalue weighted by Crippen LogP contribution is 2.17. The predicted molar refractivity (Wildman–Crippen MR) is 64.4 cm³/mol. The number of carboxylic acid groups (broad SMARTS) is 1. The zero-order valence-corrected chi connectivity index (χ0v) is 9.86. The maximum Gasteiger partial charge on any atom is 0.306 e. The molecule has 1 aromatic rings. The Hall–Kier alpha value is -1.35. The van der Waals surface area contributed by atoms with Crippen LogP contribution < -0.4 is 5.73 Å². The second-order valence-electron chi connectivity index (χ2n) is 4.25. The Labute approximate surface area is 96.3 Å². The van der Waals surface area contributed by atoms with Crippen LogP contribution in [-0.2, 0) is 11.2 Å². The van der Waals surface area contributed by atoms with Crippen molar-refractivity contribution in [3.05, 3.63) is 34.9 Å². The van der Waals surface area contributed by atoms with E-state index in [2.05, 4.69) is 6.07 Å². The molecular weight excluding hydrogens is 202 g/mol. The van der Waals surface area contributed by atoms with Gasteiger partial charge < -0.3 is 10.8 Å². The second kappa shape index (κ2) is 5.66. The minimum atomic E-state index is -0.758. The minimum absolute atomic E-state index is 0.370. The van der Waals surface area contributed by atoms with Crippen molar-refractivity contribution >= 4 is 5.97 Å². The Morgan fingerprint density at radius 2 is 2.12 bits per heavy atom. The van der Waals surface area contributed by atoms with Crippen LogP contribution in [0.5, 0.6) is 0 Å². The summed E-state index contributed by atoms with van der Waals surface area (Å²) in [5, 5.41) is 9.07. The lowest BCUT2D eigenvalue weighted by Crippen LogP contribution is -2.20. The van der Waals surface area contributed by atoms with E-state index in [9.17, 15) is 4.79 Å². The van der Waals surface area contributed by atoms with Crippen LogP contribution in [0, 0.1) is 19.8 Å². The van der Waals surface area contributed by atoms with Crippen LogP contribution in [0.2, 0.25) is 0 Å². The summed E-state index contributed by atoms with van der Waals surface area (Å²) in [7, 11) is 0. The number of hydrogen-bond donors (Lipinski definition) is 2. The van der Waals surface area contributed by atoms with Gasteiger partial charge in [0.05, 0.1) is 5.92 Å². The van der Waals surface area contributed by atoms with Gasteiger partial charge in [-0.05, 0) is 44.4 Å². The average Bonchev–Trinajstić information content (AvgIpc) is 2.22. The molecule has 0 radical (unpaired) electrons. The highest BCUT2D eigenvalue weighted by Gasteiger charge is 2.17. The summed E-state index contributed by atoms with van der Waals surface area (Å²) in [6.45, 7) is 4.44. The third kappa shape index (κ3) is 3.35. The maximum absolute atomic E-state index is 11.0. The van der Waals surface area contributed by atoms with Crippen LogP contribution in [0.3, 0.4) is 0 Å². The van der Waals surface area contributed by atoms with Crippen LogP contribution in [0.4, 0.5) is 0 Å². The van der Waals surface area contributed by atoms with Crippen LogP contribution in [0.15, 0.2) is 18.2 Å². The third-order valence-corrected chi connectivity index (χ3v) is 2.84. The Morgan fingerprint density at radius 3 is 2.69 bits per heavy atom. The smallest absolute Gasteiger partial charge is 0.306 e. The lowest BCUT2D eigenvalue weighted by Gasteiger charge is -2.13. The molecule has 1 unspecified atom stereocenters. The molecule has 3 heteroatoms. The zero-order chi connectivity index (χ0) is 12.1. The van der Waals surface area contributed by atoms with Gasteiger partial charge in [-0.1, -0.05) is 23.8 Å². The lowest BCUT2D eigenvalue weighted by atomic mass is 9.93. The monoisotopic (exact) mass is 221 g/mol. The fraction of sp³-hybridized carbons (Fsp3) is 0.462. The molecule has 1 aromatic carbocycles. The van der Waals surface area contributed by atoms with E-state index < -0.39 is 5.97 Å². The molecule has 1 atom stereocenters. The van der Waals surface area contributed by atoms with E-state index >= 15 is 0 Å². The van der Waals surface area contributed by atoms with Gasteiger partial charge in [-0.3, -0.25) is 4.79 Å². The van der Waals surface area contributed by atoms with Gasteiger partial charge in [0.15, 0.2) is 0 Å². The predicted octanol–water partition coefficient (Wildman–Crippen LogP) is 1.90. The quantitative estimate of drug-likeness (QED) is 0.798. The van der Waals surface area contributed by atoms with E-state index in [0.29, 0.717) is 19.4 Å². The van der Waals surface area contributed by atoms with E-state index in [4.69, 9.17) is 10.8 Å². The fourth-order valence-corrected chi connectivity index (χ4v) is 1.80. The molecule has 1 rings (SSSR count). The number of carboxylic acids is 1. The molecule has 0 spiro atoms. The van der Waals surface area contributed by atoms with Crippen molar-refractivity contribution in [3.63, 3.8) is 0 Å². The summed E-state index contributed by atoms with van der Waals surface area (Å²) in [6.07, 6.45) is 1.10. The average molecular weight is 221 g/mol. The van der Waals surface area contributed by atoms with Crippen LogP contribution >= 0.6 is 0 Å². The Morgan fingerprint density at radius 1 is 1.44 bits per heavy atom. The first kappa shape index (κ1) is 12.7. The molecule has 0 aromatic heterocycles. The SMILES string of the molecule is Cc1ccc(C)c(CC(CCN)C(=O)O)c1. The molecule has 0 amide bonds. The van der Waals surface area contributed by atoms with Gasteiger partial charge in [0.2, 0.25) is 0 Å². The first-order valence-electron chi connectivity index (χ1n) is 5.53. The molecule has 0 heterocycles. The highest BCUT2D eigenvalue weighted by molar-refractivity contribution is 5.70. The number of aryl methyl sites for hydroxylation is 2. The summed E-state index contributed by atoms with van der Waals surface area (Å²) in [5.41, 5.74) is 8.85. The number of aliphatic carboxylic acids is 1. The summed E-state index contributed by atoms with van der Waals surface area (Å²) in [5.74, 6) is -1.13. The van der Waals surface area contributed by atoms with E-state index in [0.717, 1.165) is 16.7 Å². The van der Waals surface area contributed by atoms with Crippen LogP contribution in [0.25, 0.3) is 0 Å². The van der Waals surface area contributed by atoms with E-state index in [-0.39, 0.29) is 5.92 Å². The number of nitrogens with two attached hydrogens (primary N) is 1. The van der Waals surface area contributed by atoms with Gasteiger partial charge in [-0.2, -0.15) is 0 Å². The summed E-state index contributed by atoms with van der Waals surface area (Å²) in [6, 6.07) is 6.13. The third-order valence-electron chi connectivity index (χ3n) is 2.84. The van der Waals surface area contributed by atoms with Gasteiger partial charge >= 0.3 is 5.97 Å². The van der Waals surface area contributed by atoms with Gasteiger partial charge in [-0.15, -0.1) is 0 Å². The molecule has 88 valence electrons. The van der Waals surface area contributed by atoms with Crippen molar-refractivity contribution < 1.29 is 9.90 Å². The highest BCUT2D eigenvalue weighted by atomic mass is 16.4. The molecule has 0 saturated heterocycles. The number of rotatable bonds is 5. The van der Waals surface area contributed by atoms with Crippen molar-refractivity contribution in [1.29, 1.82) is 0 Å². The molecular formula is C13H19NO2. The van der Waals surface area contributed by atoms with Crippen molar-refractivity contribution in [3.8, 4) is 0 Å². The molecule has 0 aliphatic heterocycles. The second-order valence-corrected chi connectivity index (χ2v) is 4.25. The first-order valence-corrected chi connectivity index (χ1v) is 5.53. The number of hydrogen-bond acceptors (Lipinski definition) is 2. The molecule has 0 aliphatic rings. The van der Waals surface area contributed by atoms with E-state index in [1.807, 2.05) is 26.0 Å². The molecule has 0 bridgehead atoms. The number of carbonyl (C=O) groups is 1. The summed E-state index contributed by atoms with van der Waals surface area (Å²) in [4.78, 5) is 11.0. The molecule has 0 saturated carbocycles. The maximum atomic E-state index is 11.0. The van der Waals surface area contributed by atoms with Crippen molar-refractivity contribution in [2.24, 2.45) is 11.7 Å². The van der Waals surface area contributed by atoms with Crippen molar-refractivity contribution in [1.82, 2.24) is 0 Å². The Bertz CT molecular complexity index is 374. The first-order chi connectivity index (χ1) is 7.54. The molecule has 0 fully saturated rings. The fourth-order valence-electron chi connectivity index (χ4n) is 1.80. The topological polar surface area (TPSA) is 63.3 Å². The lowest BCUT2D eigenvalue weighted by molar-refractivity contribution is -0.141. The van der Waals surface area contributed by atoms with Crippen LogP contribution in [-0.4, -0.2) is 17.6 Å². The molecule has 16 heavy (non-hydrogen) atoms. The largest absolute Gasteiger partial charge is 0.481 e. The van der Waals surface area contributed by atoms with Gasteiger partial charge in [0.1, 0.15) is 0 Å². The standard InChI is InChI=1S/C13H19NO2/c1-9-3-4-10(2)12(7-9)8-11(5-6-14)13(15)16/h3-4,7,11H,5-6,8,14H2,1-2H3,(H,15,16). The molecule has 3 N–H and O–H groups in total. The summed E-state index contributed by atoms with van der Waals surface area (Å²) < 4.78 is 0. The molecule has 0 aliphatic carbocycles. The van der Waals surface area contributed by atoms with E-state index in [1.165, 1.54) is 0 Å². The van der Waals surface area contributed by atoms with Crippen LogP contribution in [0.1, 0.15) is 23.1 Å². The normalized spacial score (nSPS) is 12.4. The Kier molecular flexibility index (Phi) is 4.50. The molecule has 3 nitrogen and oxygen atoms in total. The van der Waals surface area contributed by atoms with Gasteiger partial charge in [0, 0.05) is 0 Å². The zero-order valence-electron chi connectivity index (χ0n) is 9.86. The van der Waals surface area contributed by atoms with Gasteiger partial charge in [0.25, 0.3) is 0 Å². The summed E-state index contributed by atoms with van der Waals surface area (Å²) >= 11 is 0. The van der Waals surface area contributed by atoms with E-state index in [1.54, 1.807) is 0 Å².